The Kier molecular flexibility index (Phi) is 5.03. The van der Waals surface area contributed by atoms with Crippen molar-refractivity contribution in [3.63, 3.8) is 0 Å². The number of carbonyl (C=O) groups is 1. The van der Waals surface area contributed by atoms with E-state index in [1.807, 2.05) is 0 Å². The Hall–Kier alpha value is -1.37. The normalized spacial score (nSPS) is 15.7. The zero-order valence-electron chi connectivity index (χ0n) is 11.3. The Labute approximate surface area is 128 Å². The average Bonchev–Trinajstić information content (AvgIpc) is 3.21. The van der Waals surface area contributed by atoms with Crippen molar-refractivity contribution in [2.45, 2.75) is 12.8 Å². The third-order valence-electron chi connectivity index (χ3n) is 3.13. The van der Waals surface area contributed by atoms with Crippen LogP contribution in [0, 0.1) is 5.92 Å². The fourth-order valence-corrected chi connectivity index (χ4v) is 3.16. The lowest BCUT2D eigenvalue weighted by Crippen LogP contribution is -2.35. The predicted molar refractivity (Wildman–Crippen MR) is 81.3 cm³/mol. The van der Waals surface area contributed by atoms with Crippen LogP contribution in [0.2, 0.25) is 5.02 Å². The van der Waals surface area contributed by atoms with E-state index >= 15 is 0 Å². The molecule has 1 saturated carbocycles. The van der Waals surface area contributed by atoms with Crippen LogP contribution < -0.4 is 0 Å². The van der Waals surface area contributed by atoms with Crippen molar-refractivity contribution in [1.29, 1.82) is 0 Å². The van der Waals surface area contributed by atoms with Crippen LogP contribution in [0.4, 0.5) is 0 Å². The van der Waals surface area contributed by atoms with Crippen molar-refractivity contribution in [3.05, 3.63) is 40.3 Å². The second-order valence-electron chi connectivity index (χ2n) is 5.03. The van der Waals surface area contributed by atoms with Crippen LogP contribution in [0.3, 0.4) is 0 Å². The van der Waals surface area contributed by atoms with Crippen LogP contribution in [0.15, 0.2) is 29.7 Å². The van der Waals surface area contributed by atoms with E-state index in [4.69, 9.17) is 16.7 Å². The van der Waals surface area contributed by atoms with Crippen molar-refractivity contribution >= 4 is 33.7 Å². The van der Waals surface area contributed by atoms with Crippen molar-refractivity contribution < 1.29 is 18.3 Å². The summed E-state index contributed by atoms with van der Waals surface area (Å²) in [4.78, 5) is 10.8. The van der Waals surface area contributed by atoms with Gasteiger partial charge in [-0.05, 0) is 42.5 Å². The molecule has 114 valence electrons. The number of benzene rings is 1. The summed E-state index contributed by atoms with van der Waals surface area (Å²) in [6.07, 6.45) is 3.34. The van der Waals surface area contributed by atoms with Gasteiger partial charge in [-0.2, -0.15) is 4.31 Å². The van der Waals surface area contributed by atoms with Crippen molar-refractivity contribution in [2.75, 3.05) is 13.1 Å². The highest BCUT2D eigenvalue weighted by Gasteiger charge is 2.30. The van der Waals surface area contributed by atoms with Gasteiger partial charge in [0.1, 0.15) is 6.54 Å². The Morgan fingerprint density at radius 1 is 1.33 bits per heavy atom. The molecule has 5 nitrogen and oxygen atoms in total. The first-order valence-corrected chi connectivity index (χ1v) is 8.40. The van der Waals surface area contributed by atoms with Gasteiger partial charge < -0.3 is 5.11 Å². The molecule has 0 heterocycles. The Bertz CT molecular complexity index is 635. The van der Waals surface area contributed by atoms with Gasteiger partial charge in [0.15, 0.2) is 0 Å². The van der Waals surface area contributed by atoms with Gasteiger partial charge in [0.05, 0.1) is 0 Å². The molecule has 1 aromatic carbocycles. The molecular weight excluding hydrogens is 314 g/mol. The maximum atomic E-state index is 12.2. The minimum Gasteiger partial charge on any atom is -0.480 e. The van der Waals surface area contributed by atoms with Gasteiger partial charge in [-0.15, -0.1) is 0 Å². The molecule has 0 saturated heterocycles. The van der Waals surface area contributed by atoms with Gasteiger partial charge in [-0.25, -0.2) is 8.42 Å². The Balaban J connectivity index is 2.12. The molecule has 0 spiro atoms. The lowest BCUT2D eigenvalue weighted by Gasteiger charge is -2.17. The summed E-state index contributed by atoms with van der Waals surface area (Å²) in [5.74, 6) is -0.873. The minimum atomic E-state index is -3.74. The van der Waals surface area contributed by atoms with Gasteiger partial charge >= 0.3 is 5.97 Å². The number of hydrogen-bond donors (Lipinski definition) is 1. The molecule has 0 amide bonds. The molecule has 1 aliphatic rings. The van der Waals surface area contributed by atoms with Crippen LogP contribution in [0.5, 0.6) is 0 Å². The second kappa shape index (κ2) is 6.60. The minimum absolute atomic E-state index is 0.263. The molecule has 2 rings (SSSR count). The fraction of sp³-hybridized carbons (Fsp3) is 0.357. The summed E-state index contributed by atoms with van der Waals surface area (Å²) in [6.45, 7) is -0.247. The number of sulfonamides is 1. The van der Waals surface area contributed by atoms with E-state index in [9.17, 15) is 13.2 Å². The third-order valence-corrected chi connectivity index (χ3v) is 4.86. The number of nitrogens with zero attached hydrogens (tertiary/aromatic N) is 1. The molecule has 1 N–H and O–H groups in total. The Morgan fingerprint density at radius 2 is 1.95 bits per heavy atom. The van der Waals surface area contributed by atoms with E-state index in [1.165, 1.54) is 6.08 Å². The van der Waals surface area contributed by atoms with Gasteiger partial charge in [0.2, 0.25) is 10.0 Å². The van der Waals surface area contributed by atoms with Gasteiger partial charge in [0.25, 0.3) is 0 Å². The van der Waals surface area contributed by atoms with Gasteiger partial charge in [-0.3, -0.25) is 4.79 Å². The average molecular weight is 330 g/mol. The molecule has 1 fully saturated rings. The van der Waals surface area contributed by atoms with Gasteiger partial charge in [-0.1, -0.05) is 23.7 Å². The predicted octanol–water partition coefficient (Wildman–Crippen LogP) is 2.44. The molecule has 1 aliphatic carbocycles. The Morgan fingerprint density at radius 3 is 2.48 bits per heavy atom. The lowest BCUT2D eigenvalue weighted by atomic mass is 10.2. The van der Waals surface area contributed by atoms with E-state index in [1.54, 1.807) is 24.3 Å². The first-order chi connectivity index (χ1) is 9.87. The summed E-state index contributed by atoms with van der Waals surface area (Å²) in [6, 6.07) is 6.70. The van der Waals surface area contributed by atoms with Crippen LogP contribution >= 0.6 is 11.6 Å². The zero-order chi connectivity index (χ0) is 15.5. The van der Waals surface area contributed by atoms with Crippen LogP contribution in [0.25, 0.3) is 6.08 Å². The van der Waals surface area contributed by atoms with E-state index < -0.39 is 22.5 Å². The number of carboxylic acids is 1. The summed E-state index contributed by atoms with van der Waals surface area (Å²) in [7, 11) is -3.74. The highest BCUT2D eigenvalue weighted by Crippen LogP contribution is 2.30. The number of aliphatic carboxylic acids is 1. The van der Waals surface area contributed by atoms with Crippen LogP contribution in [-0.4, -0.2) is 36.9 Å². The molecule has 0 atom stereocenters. The monoisotopic (exact) mass is 329 g/mol. The molecule has 0 unspecified atom stereocenters. The summed E-state index contributed by atoms with van der Waals surface area (Å²) < 4.78 is 25.5. The van der Waals surface area contributed by atoms with Crippen molar-refractivity contribution in [2.24, 2.45) is 5.92 Å². The van der Waals surface area contributed by atoms with E-state index in [2.05, 4.69) is 0 Å². The zero-order valence-corrected chi connectivity index (χ0v) is 12.8. The van der Waals surface area contributed by atoms with E-state index in [0.29, 0.717) is 10.6 Å². The van der Waals surface area contributed by atoms with Crippen LogP contribution in [-0.2, 0) is 14.8 Å². The maximum Gasteiger partial charge on any atom is 0.318 e. The largest absolute Gasteiger partial charge is 0.480 e. The highest BCUT2D eigenvalue weighted by atomic mass is 35.5. The van der Waals surface area contributed by atoms with Crippen molar-refractivity contribution in [1.82, 2.24) is 4.31 Å². The molecule has 21 heavy (non-hydrogen) atoms. The van der Waals surface area contributed by atoms with Gasteiger partial charge in [0, 0.05) is 17.0 Å². The van der Waals surface area contributed by atoms with E-state index in [-0.39, 0.29) is 12.5 Å². The number of halogens is 1. The molecule has 7 heteroatoms. The first-order valence-electron chi connectivity index (χ1n) is 6.52. The molecule has 1 aromatic rings. The molecule has 0 radical (unpaired) electrons. The van der Waals surface area contributed by atoms with E-state index in [0.717, 1.165) is 22.6 Å². The summed E-state index contributed by atoms with van der Waals surface area (Å²) >= 11 is 5.76. The topological polar surface area (TPSA) is 74.7 Å². The number of rotatable bonds is 7. The number of hydrogen-bond acceptors (Lipinski definition) is 3. The molecule has 0 bridgehead atoms. The second-order valence-corrected chi connectivity index (χ2v) is 7.28. The lowest BCUT2D eigenvalue weighted by molar-refractivity contribution is -0.137. The standard InChI is InChI=1S/C14H16ClNO4S/c15-13-5-3-11(4-6-13)7-8-21(19,20)16(10-14(17)18)9-12-1-2-12/h3-8,12H,1-2,9-10H2,(H,17,18)/b8-7+. The quantitative estimate of drug-likeness (QED) is 0.833. The molecule has 0 aliphatic heterocycles. The smallest absolute Gasteiger partial charge is 0.318 e. The fourth-order valence-electron chi connectivity index (χ4n) is 1.82. The summed E-state index contributed by atoms with van der Waals surface area (Å²) in [5, 5.41) is 10.5. The van der Waals surface area contributed by atoms with Crippen molar-refractivity contribution in [3.8, 4) is 0 Å². The first kappa shape index (κ1) is 16.0. The van der Waals surface area contributed by atoms with Crippen LogP contribution in [0.1, 0.15) is 18.4 Å². The summed E-state index contributed by atoms with van der Waals surface area (Å²) in [5.41, 5.74) is 0.685. The molecular formula is C14H16ClNO4S. The number of carboxylic acid groups (broad SMARTS) is 1. The maximum absolute atomic E-state index is 12.2. The highest BCUT2D eigenvalue weighted by molar-refractivity contribution is 7.92. The SMILES string of the molecule is O=C(O)CN(CC1CC1)S(=O)(=O)/C=C/c1ccc(Cl)cc1. The molecule has 0 aromatic heterocycles. The third kappa shape index (κ3) is 5.15.